The van der Waals surface area contributed by atoms with Gasteiger partial charge in [-0.05, 0) is 0 Å². The van der Waals surface area contributed by atoms with Crippen LogP contribution in [0.2, 0.25) is 0 Å². The number of aliphatic hydroxyl groups excluding tert-OH is 2. The topological polar surface area (TPSA) is 92.3 Å². The summed E-state index contributed by atoms with van der Waals surface area (Å²) < 4.78 is 0. The number of aromatic nitrogens is 2. The molecule has 0 aliphatic heterocycles. The van der Waals surface area contributed by atoms with Gasteiger partial charge in [-0.3, -0.25) is 0 Å². The minimum Gasteiger partial charge on any atom is -0.394 e. The highest BCUT2D eigenvalue weighted by Crippen LogP contribution is 2.20. The number of hydrogen-bond donors (Lipinski definition) is 3. The molecule has 6 heteroatoms. The second-order valence-electron chi connectivity index (χ2n) is 3.79. The highest BCUT2D eigenvalue weighted by molar-refractivity contribution is 7.99. The maximum atomic E-state index is 9.22. The second-order valence-corrected chi connectivity index (χ2v) is 4.83. The molecule has 0 amide bonds. The average molecular weight is 243 g/mol. The number of thioether (sulfide) groups is 1. The summed E-state index contributed by atoms with van der Waals surface area (Å²) in [5, 5.41) is 18.6. The van der Waals surface area contributed by atoms with E-state index in [0.29, 0.717) is 17.4 Å². The van der Waals surface area contributed by atoms with Gasteiger partial charge in [0.05, 0.1) is 12.7 Å². The predicted octanol–water partition coefficient (Wildman–Crippen LogP) is 0.628. The first kappa shape index (κ1) is 13.2. The summed E-state index contributed by atoms with van der Waals surface area (Å²) in [6.45, 7) is 3.74. The molecular formula is C10H17N3O2S. The van der Waals surface area contributed by atoms with Crippen LogP contribution >= 0.6 is 11.8 Å². The zero-order valence-corrected chi connectivity index (χ0v) is 10.2. The van der Waals surface area contributed by atoms with Crippen molar-refractivity contribution >= 4 is 17.6 Å². The van der Waals surface area contributed by atoms with Crippen LogP contribution in [0, 0.1) is 0 Å². The van der Waals surface area contributed by atoms with Gasteiger partial charge in [0.25, 0.3) is 0 Å². The quantitative estimate of drug-likeness (QED) is 0.519. The van der Waals surface area contributed by atoms with E-state index in [1.54, 1.807) is 6.07 Å². The lowest BCUT2D eigenvalue weighted by Gasteiger charge is -2.09. The summed E-state index contributed by atoms with van der Waals surface area (Å²) in [6.07, 6.45) is -0.733. The number of nitrogens with zero attached hydrogens (tertiary/aromatic N) is 2. The molecule has 4 N–H and O–H groups in total. The van der Waals surface area contributed by atoms with Gasteiger partial charge in [-0.1, -0.05) is 13.8 Å². The standard InChI is InChI=1S/C10H17N3O2S/c1-6(2)10-12-8(11)3-9(13-10)16-5-7(15)4-14/h3,6-7,14-15H,4-5H2,1-2H3,(H2,11,12,13). The maximum absolute atomic E-state index is 9.22. The van der Waals surface area contributed by atoms with Gasteiger partial charge in [-0.15, -0.1) is 11.8 Å². The molecule has 0 radical (unpaired) electrons. The van der Waals surface area contributed by atoms with Crippen molar-refractivity contribution in [2.24, 2.45) is 0 Å². The molecule has 0 aliphatic rings. The number of hydrogen-bond acceptors (Lipinski definition) is 6. The molecule has 1 aromatic heterocycles. The predicted molar refractivity (Wildman–Crippen MR) is 64.4 cm³/mol. The van der Waals surface area contributed by atoms with E-state index in [1.165, 1.54) is 11.8 Å². The summed E-state index contributed by atoms with van der Waals surface area (Å²) in [7, 11) is 0. The summed E-state index contributed by atoms with van der Waals surface area (Å²) in [4.78, 5) is 8.44. The molecule has 1 heterocycles. The van der Waals surface area contributed by atoms with Crippen molar-refractivity contribution in [3.63, 3.8) is 0 Å². The first-order chi connectivity index (χ1) is 7.52. The largest absolute Gasteiger partial charge is 0.394 e. The first-order valence-corrected chi connectivity index (χ1v) is 6.07. The average Bonchev–Trinajstić information content (AvgIpc) is 2.25. The van der Waals surface area contributed by atoms with Crippen molar-refractivity contribution < 1.29 is 10.2 Å². The summed E-state index contributed by atoms with van der Waals surface area (Å²) in [5.41, 5.74) is 5.66. The molecule has 0 aromatic carbocycles. The van der Waals surface area contributed by atoms with Crippen LogP contribution in [-0.4, -0.2) is 38.6 Å². The van der Waals surface area contributed by atoms with Gasteiger partial charge in [0, 0.05) is 17.7 Å². The van der Waals surface area contributed by atoms with E-state index in [0.717, 1.165) is 5.03 Å². The van der Waals surface area contributed by atoms with Gasteiger partial charge in [-0.2, -0.15) is 0 Å². The maximum Gasteiger partial charge on any atom is 0.134 e. The number of anilines is 1. The third-order valence-corrected chi connectivity index (χ3v) is 2.95. The van der Waals surface area contributed by atoms with Gasteiger partial charge in [0.2, 0.25) is 0 Å². The van der Waals surface area contributed by atoms with Gasteiger partial charge >= 0.3 is 0 Å². The Balaban J connectivity index is 2.72. The molecule has 1 aromatic rings. The van der Waals surface area contributed by atoms with Crippen LogP contribution in [0.1, 0.15) is 25.6 Å². The Labute approximate surface area is 99.1 Å². The van der Waals surface area contributed by atoms with Crippen molar-refractivity contribution in [3.8, 4) is 0 Å². The normalized spacial score (nSPS) is 13.1. The van der Waals surface area contributed by atoms with Crippen LogP contribution < -0.4 is 5.73 Å². The number of rotatable bonds is 5. The highest BCUT2D eigenvalue weighted by atomic mass is 32.2. The highest BCUT2D eigenvalue weighted by Gasteiger charge is 2.09. The number of nitrogen functional groups attached to an aromatic ring is 1. The van der Waals surface area contributed by atoms with Crippen molar-refractivity contribution in [2.45, 2.75) is 30.9 Å². The van der Waals surface area contributed by atoms with Crippen LogP contribution in [0.3, 0.4) is 0 Å². The van der Waals surface area contributed by atoms with Gasteiger partial charge in [-0.25, -0.2) is 9.97 Å². The van der Waals surface area contributed by atoms with Gasteiger partial charge in [0.1, 0.15) is 16.7 Å². The van der Waals surface area contributed by atoms with Crippen LogP contribution in [-0.2, 0) is 0 Å². The van der Waals surface area contributed by atoms with Crippen molar-refractivity contribution in [3.05, 3.63) is 11.9 Å². The van der Waals surface area contributed by atoms with Crippen molar-refractivity contribution in [1.29, 1.82) is 0 Å². The fourth-order valence-electron chi connectivity index (χ4n) is 1.03. The zero-order chi connectivity index (χ0) is 12.1. The summed E-state index contributed by atoms with van der Waals surface area (Å²) in [5.74, 6) is 1.73. The fraction of sp³-hybridized carbons (Fsp3) is 0.600. The van der Waals surface area contributed by atoms with E-state index in [9.17, 15) is 5.11 Å². The molecule has 0 saturated heterocycles. The smallest absolute Gasteiger partial charge is 0.134 e. The number of nitrogens with two attached hydrogens (primary N) is 1. The fourth-order valence-corrected chi connectivity index (χ4v) is 1.86. The van der Waals surface area contributed by atoms with Crippen molar-refractivity contribution in [1.82, 2.24) is 9.97 Å². The number of aliphatic hydroxyl groups is 2. The molecule has 0 saturated carbocycles. The molecule has 1 atom stereocenters. The minimum absolute atomic E-state index is 0.214. The SMILES string of the molecule is CC(C)c1nc(N)cc(SCC(O)CO)n1. The first-order valence-electron chi connectivity index (χ1n) is 5.09. The molecule has 0 fully saturated rings. The molecule has 0 bridgehead atoms. The van der Waals surface area contributed by atoms with Gasteiger partial charge < -0.3 is 15.9 Å². The molecule has 1 rings (SSSR count). The third-order valence-electron chi connectivity index (χ3n) is 1.89. The Morgan fingerprint density at radius 1 is 1.44 bits per heavy atom. The summed E-state index contributed by atoms with van der Waals surface area (Å²) >= 11 is 1.36. The van der Waals surface area contributed by atoms with E-state index in [2.05, 4.69) is 9.97 Å². The lowest BCUT2D eigenvalue weighted by Crippen LogP contribution is -2.15. The molecule has 90 valence electrons. The van der Waals surface area contributed by atoms with E-state index >= 15 is 0 Å². The summed E-state index contributed by atoms with van der Waals surface area (Å²) in [6, 6.07) is 1.67. The lowest BCUT2D eigenvalue weighted by atomic mass is 10.2. The Kier molecular flexibility index (Phi) is 4.98. The molecule has 5 nitrogen and oxygen atoms in total. The molecular weight excluding hydrogens is 226 g/mol. The lowest BCUT2D eigenvalue weighted by molar-refractivity contribution is 0.113. The Morgan fingerprint density at radius 3 is 2.69 bits per heavy atom. The molecule has 1 unspecified atom stereocenters. The molecule has 16 heavy (non-hydrogen) atoms. The van der Waals surface area contributed by atoms with E-state index in [-0.39, 0.29) is 12.5 Å². The van der Waals surface area contributed by atoms with Crippen LogP contribution in [0.4, 0.5) is 5.82 Å². The second kappa shape index (κ2) is 6.03. The van der Waals surface area contributed by atoms with Crippen LogP contribution in [0.15, 0.2) is 11.1 Å². The Bertz CT molecular complexity index is 347. The Morgan fingerprint density at radius 2 is 2.12 bits per heavy atom. The zero-order valence-electron chi connectivity index (χ0n) is 9.42. The van der Waals surface area contributed by atoms with Crippen LogP contribution in [0.5, 0.6) is 0 Å². The monoisotopic (exact) mass is 243 g/mol. The Hall–Kier alpha value is -0.850. The van der Waals surface area contributed by atoms with E-state index in [1.807, 2.05) is 13.8 Å². The van der Waals surface area contributed by atoms with E-state index in [4.69, 9.17) is 10.8 Å². The van der Waals surface area contributed by atoms with Crippen molar-refractivity contribution in [2.75, 3.05) is 18.1 Å². The molecule has 0 spiro atoms. The van der Waals surface area contributed by atoms with Crippen LogP contribution in [0.25, 0.3) is 0 Å². The third kappa shape index (κ3) is 3.96. The minimum atomic E-state index is -0.733. The van der Waals surface area contributed by atoms with E-state index < -0.39 is 6.10 Å². The molecule has 0 aliphatic carbocycles. The van der Waals surface area contributed by atoms with Gasteiger partial charge in [0.15, 0.2) is 0 Å².